The molecule has 15 heavy (non-hydrogen) atoms. The van der Waals surface area contributed by atoms with Crippen molar-refractivity contribution in [3.8, 4) is 0 Å². The third-order valence-corrected chi connectivity index (χ3v) is 2.84. The summed E-state index contributed by atoms with van der Waals surface area (Å²) in [5.74, 6) is 0. The summed E-state index contributed by atoms with van der Waals surface area (Å²) in [6.07, 6.45) is 4.85. The molecule has 0 amide bonds. The molecule has 1 aromatic rings. The Kier molecular flexibility index (Phi) is 3.75. The zero-order valence-electron chi connectivity index (χ0n) is 9.19. The Morgan fingerprint density at radius 1 is 1.13 bits per heavy atom. The summed E-state index contributed by atoms with van der Waals surface area (Å²) in [6, 6.07) is 10.3. The number of rotatable bonds is 3. The van der Waals surface area contributed by atoms with E-state index in [0.29, 0.717) is 6.10 Å². The second-order valence-electron chi connectivity index (χ2n) is 4.08. The Hall–Kier alpha value is -0.860. The number of benzene rings is 1. The van der Waals surface area contributed by atoms with Crippen molar-refractivity contribution >= 4 is 0 Å². The van der Waals surface area contributed by atoms with E-state index >= 15 is 0 Å². The van der Waals surface area contributed by atoms with Crippen LogP contribution in [0.1, 0.15) is 44.3 Å². The van der Waals surface area contributed by atoms with Crippen LogP contribution in [0, 0.1) is 0 Å². The smallest absolute Gasteiger partial charge is 0.118 e. The van der Waals surface area contributed by atoms with E-state index in [1.54, 1.807) is 0 Å². The molecular formula is C13H18O2. The van der Waals surface area contributed by atoms with Crippen LogP contribution < -0.4 is 0 Å². The molecular weight excluding hydrogens is 188 g/mol. The van der Waals surface area contributed by atoms with Crippen molar-refractivity contribution in [3.63, 3.8) is 0 Å². The molecule has 1 saturated heterocycles. The van der Waals surface area contributed by atoms with Gasteiger partial charge in [-0.3, -0.25) is 0 Å². The van der Waals surface area contributed by atoms with Crippen molar-refractivity contribution in [2.24, 2.45) is 0 Å². The first-order valence-electron chi connectivity index (χ1n) is 5.77. The van der Waals surface area contributed by atoms with E-state index in [-0.39, 0.29) is 6.10 Å². The fraction of sp³-hybridized carbons (Fsp3) is 0.538. The van der Waals surface area contributed by atoms with E-state index in [2.05, 4.69) is 19.1 Å². The molecule has 1 heterocycles. The topological polar surface area (TPSA) is 18.5 Å². The maximum Gasteiger partial charge on any atom is 0.118 e. The highest BCUT2D eigenvalue weighted by Crippen LogP contribution is 2.30. The lowest BCUT2D eigenvalue weighted by Gasteiger charge is -2.27. The first kappa shape index (κ1) is 10.7. The maximum absolute atomic E-state index is 5.43. The van der Waals surface area contributed by atoms with Gasteiger partial charge in [0.2, 0.25) is 0 Å². The molecule has 1 aliphatic rings. The highest BCUT2D eigenvalue weighted by Gasteiger charge is 2.23. The monoisotopic (exact) mass is 206 g/mol. The Bertz CT molecular complexity index is 276. The molecule has 2 heteroatoms. The van der Waals surface area contributed by atoms with Crippen LogP contribution in [0.3, 0.4) is 0 Å². The minimum atomic E-state index is 0.124. The van der Waals surface area contributed by atoms with E-state index in [4.69, 9.17) is 9.78 Å². The van der Waals surface area contributed by atoms with E-state index in [9.17, 15) is 0 Å². The lowest BCUT2D eigenvalue weighted by atomic mass is 10.0. The molecule has 1 aliphatic heterocycles. The van der Waals surface area contributed by atoms with Crippen LogP contribution >= 0.6 is 0 Å². The lowest BCUT2D eigenvalue weighted by molar-refractivity contribution is -0.377. The minimum Gasteiger partial charge on any atom is -0.233 e. The fourth-order valence-electron chi connectivity index (χ4n) is 1.98. The molecule has 1 fully saturated rings. The van der Waals surface area contributed by atoms with Crippen molar-refractivity contribution < 1.29 is 9.78 Å². The fourth-order valence-corrected chi connectivity index (χ4v) is 1.98. The van der Waals surface area contributed by atoms with Crippen molar-refractivity contribution in [1.82, 2.24) is 0 Å². The quantitative estimate of drug-likeness (QED) is 0.703. The van der Waals surface area contributed by atoms with E-state index in [1.807, 2.05) is 18.2 Å². The summed E-state index contributed by atoms with van der Waals surface area (Å²) in [5.41, 5.74) is 1.22. The molecule has 0 bridgehead atoms. The van der Waals surface area contributed by atoms with Crippen LogP contribution in [-0.2, 0) is 9.78 Å². The number of hydrogen-bond donors (Lipinski definition) is 0. The van der Waals surface area contributed by atoms with Gasteiger partial charge in [-0.05, 0) is 24.8 Å². The van der Waals surface area contributed by atoms with Gasteiger partial charge in [0.15, 0.2) is 0 Å². The average molecular weight is 206 g/mol. The molecule has 0 radical (unpaired) electrons. The predicted octanol–water partition coefficient (Wildman–Crippen LogP) is 3.64. The standard InChI is InChI=1S/C13H18O2/c1-2-6-12-9-10-13(15-14-12)11-7-4-3-5-8-11/h3-5,7-8,12-13H,2,6,9-10H2,1H3. The van der Waals surface area contributed by atoms with Gasteiger partial charge in [0.25, 0.3) is 0 Å². The van der Waals surface area contributed by atoms with Crippen LogP contribution in [0.25, 0.3) is 0 Å². The van der Waals surface area contributed by atoms with Gasteiger partial charge in [-0.15, -0.1) is 0 Å². The molecule has 0 saturated carbocycles. The summed E-state index contributed by atoms with van der Waals surface area (Å²) in [6.45, 7) is 2.17. The zero-order chi connectivity index (χ0) is 10.5. The second-order valence-corrected chi connectivity index (χ2v) is 4.08. The molecule has 1 aromatic carbocycles. The molecule has 0 N–H and O–H groups in total. The molecule has 0 spiro atoms. The van der Waals surface area contributed by atoms with Crippen molar-refractivity contribution in [1.29, 1.82) is 0 Å². The third-order valence-electron chi connectivity index (χ3n) is 2.84. The lowest BCUT2D eigenvalue weighted by Crippen LogP contribution is -2.22. The summed E-state index contributed by atoms with van der Waals surface area (Å²) >= 11 is 0. The van der Waals surface area contributed by atoms with Crippen molar-refractivity contribution in [2.45, 2.75) is 44.8 Å². The average Bonchev–Trinajstić information content (AvgIpc) is 2.32. The Balaban J connectivity index is 1.88. The van der Waals surface area contributed by atoms with Crippen molar-refractivity contribution in [3.05, 3.63) is 35.9 Å². The Morgan fingerprint density at radius 2 is 1.93 bits per heavy atom. The SMILES string of the molecule is CCCC1CCC(c2ccccc2)OO1. The van der Waals surface area contributed by atoms with Crippen LogP contribution in [0.15, 0.2) is 30.3 Å². The number of hydrogen-bond acceptors (Lipinski definition) is 2. The highest BCUT2D eigenvalue weighted by molar-refractivity contribution is 5.17. The van der Waals surface area contributed by atoms with Crippen LogP contribution in [0.5, 0.6) is 0 Å². The Morgan fingerprint density at radius 3 is 2.53 bits per heavy atom. The van der Waals surface area contributed by atoms with Gasteiger partial charge in [0.1, 0.15) is 6.10 Å². The molecule has 82 valence electrons. The highest BCUT2D eigenvalue weighted by atomic mass is 17.2. The summed E-state index contributed by atoms with van der Waals surface area (Å²) < 4.78 is 0. The van der Waals surface area contributed by atoms with E-state index in [0.717, 1.165) is 25.7 Å². The predicted molar refractivity (Wildman–Crippen MR) is 59.3 cm³/mol. The van der Waals surface area contributed by atoms with Gasteiger partial charge in [-0.2, -0.15) is 0 Å². The molecule has 2 nitrogen and oxygen atoms in total. The van der Waals surface area contributed by atoms with E-state index < -0.39 is 0 Å². The van der Waals surface area contributed by atoms with Gasteiger partial charge < -0.3 is 0 Å². The largest absolute Gasteiger partial charge is 0.233 e. The molecule has 0 aliphatic carbocycles. The molecule has 2 rings (SSSR count). The van der Waals surface area contributed by atoms with Crippen molar-refractivity contribution in [2.75, 3.05) is 0 Å². The molecule has 2 unspecified atom stereocenters. The summed E-state index contributed by atoms with van der Waals surface area (Å²) in [7, 11) is 0. The van der Waals surface area contributed by atoms with Gasteiger partial charge in [-0.25, -0.2) is 9.78 Å². The second kappa shape index (κ2) is 5.29. The van der Waals surface area contributed by atoms with Crippen LogP contribution in [-0.4, -0.2) is 6.10 Å². The van der Waals surface area contributed by atoms with Gasteiger partial charge in [0, 0.05) is 0 Å². The van der Waals surface area contributed by atoms with E-state index in [1.165, 1.54) is 5.56 Å². The molecule has 0 aromatic heterocycles. The normalized spacial score (nSPS) is 26.5. The first-order valence-corrected chi connectivity index (χ1v) is 5.77. The molecule has 2 atom stereocenters. The van der Waals surface area contributed by atoms with Gasteiger partial charge in [0.05, 0.1) is 6.10 Å². The summed E-state index contributed by atoms with van der Waals surface area (Å²) in [4.78, 5) is 10.8. The Labute approximate surface area is 91.1 Å². The van der Waals surface area contributed by atoms with Gasteiger partial charge >= 0.3 is 0 Å². The first-order chi connectivity index (χ1) is 7.40. The minimum absolute atomic E-state index is 0.124. The third kappa shape index (κ3) is 2.80. The summed E-state index contributed by atoms with van der Waals surface area (Å²) in [5, 5.41) is 0. The maximum atomic E-state index is 5.43. The van der Waals surface area contributed by atoms with Crippen LogP contribution in [0.4, 0.5) is 0 Å². The van der Waals surface area contributed by atoms with Gasteiger partial charge in [-0.1, -0.05) is 43.7 Å². The zero-order valence-corrected chi connectivity index (χ0v) is 9.19. The van der Waals surface area contributed by atoms with Crippen LogP contribution in [0.2, 0.25) is 0 Å².